The van der Waals surface area contributed by atoms with Crippen LogP contribution in [0.25, 0.3) is 0 Å². The van der Waals surface area contributed by atoms with Gasteiger partial charge in [0.2, 0.25) is 5.91 Å². The highest BCUT2D eigenvalue weighted by atomic mass is 16.2. The molecular formula is C11H21N3O. The molecule has 0 aromatic rings. The molecule has 3 N–H and O–H groups in total. The molecule has 1 aliphatic carbocycles. The first-order valence-corrected chi connectivity index (χ1v) is 6.02. The minimum Gasteiger partial charge on any atom is -0.352 e. The second kappa shape index (κ2) is 4.94. The molecule has 1 heterocycles. The summed E-state index contributed by atoms with van der Waals surface area (Å²) in [6, 6.07) is 0.368. The monoisotopic (exact) mass is 211 g/mol. The predicted molar refractivity (Wildman–Crippen MR) is 59.6 cm³/mol. The zero-order chi connectivity index (χ0) is 10.7. The van der Waals surface area contributed by atoms with Gasteiger partial charge < -0.3 is 16.0 Å². The molecule has 0 aromatic carbocycles. The third-order valence-corrected chi connectivity index (χ3v) is 3.55. The number of carbonyl (C=O) groups is 1. The number of nitrogens with one attached hydrogen (secondary N) is 3. The van der Waals surface area contributed by atoms with Gasteiger partial charge in [0.05, 0.1) is 6.04 Å². The highest BCUT2D eigenvalue weighted by molar-refractivity contribution is 5.82. The number of hydrogen-bond acceptors (Lipinski definition) is 3. The molecular weight excluding hydrogens is 190 g/mol. The lowest BCUT2D eigenvalue weighted by Crippen LogP contribution is -2.57. The quantitative estimate of drug-likeness (QED) is 0.595. The number of carbonyl (C=O) groups excluding carboxylic acids is 1. The lowest BCUT2D eigenvalue weighted by atomic mass is 10.1. The summed E-state index contributed by atoms with van der Waals surface area (Å²) in [7, 11) is 0. The van der Waals surface area contributed by atoms with E-state index in [0.717, 1.165) is 26.1 Å². The first-order valence-electron chi connectivity index (χ1n) is 6.02. The van der Waals surface area contributed by atoms with Crippen molar-refractivity contribution in [2.75, 3.05) is 19.6 Å². The molecule has 2 fully saturated rings. The zero-order valence-corrected chi connectivity index (χ0v) is 9.38. The van der Waals surface area contributed by atoms with Crippen LogP contribution in [0.1, 0.15) is 26.2 Å². The van der Waals surface area contributed by atoms with Gasteiger partial charge in [-0.25, -0.2) is 0 Å². The zero-order valence-electron chi connectivity index (χ0n) is 9.38. The fraction of sp³-hybridized carbons (Fsp3) is 0.909. The lowest BCUT2D eigenvalue weighted by molar-refractivity contribution is -0.124. The maximum Gasteiger partial charge on any atom is 0.238 e. The SMILES string of the molecule is CC1CCCC1NC(=O)C1CNCCN1. The molecule has 0 spiro atoms. The average molecular weight is 211 g/mol. The number of piperazine rings is 1. The van der Waals surface area contributed by atoms with E-state index in [2.05, 4.69) is 22.9 Å². The summed E-state index contributed by atoms with van der Waals surface area (Å²) in [5, 5.41) is 9.62. The van der Waals surface area contributed by atoms with Gasteiger partial charge in [-0.2, -0.15) is 0 Å². The maximum atomic E-state index is 11.9. The standard InChI is InChI=1S/C11H21N3O/c1-8-3-2-4-9(8)14-11(15)10-7-12-5-6-13-10/h8-10,12-13H,2-7H2,1H3,(H,14,15). The highest BCUT2D eigenvalue weighted by Crippen LogP contribution is 2.24. The number of amides is 1. The van der Waals surface area contributed by atoms with Gasteiger partial charge in [0.25, 0.3) is 0 Å². The minimum absolute atomic E-state index is 0.0356. The van der Waals surface area contributed by atoms with Crippen molar-refractivity contribution in [2.24, 2.45) is 5.92 Å². The second-order valence-electron chi connectivity index (χ2n) is 4.73. The van der Waals surface area contributed by atoms with Gasteiger partial charge in [0.15, 0.2) is 0 Å². The van der Waals surface area contributed by atoms with Crippen molar-refractivity contribution >= 4 is 5.91 Å². The van der Waals surface area contributed by atoms with E-state index in [4.69, 9.17) is 0 Å². The van der Waals surface area contributed by atoms with Crippen LogP contribution in [0.4, 0.5) is 0 Å². The van der Waals surface area contributed by atoms with E-state index in [1.54, 1.807) is 0 Å². The van der Waals surface area contributed by atoms with E-state index in [1.165, 1.54) is 12.8 Å². The first-order chi connectivity index (χ1) is 7.27. The lowest BCUT2D eigenvalue weighted by Gasteiger charge is -2.26. The summed E-state index contributed by atoms with van der Waals surface area (Å²) in [6.07, 6.45) is 3.65. The summed E-state index contributed by atoms with van der Waals surface area (Å²) in [5.74, 6) is 0.812. The normalized spacial score (nSPS) is 36.5. The smallest absolute Gasteiger partial charge is 0.238 e. The van der Waals surface area contributed by atoms with Crippen molar-refractivity contribution in [1.29, 1.82) is 0 Å². The largest absolute Gasteiger partial charge is 0.352 e. The summed E-state index contributed by atoms with van der Waals surface area (Å²) in [4.78, 5) is 11.9. The number of hydrogen-bond donors (Lipinski definition) is 3. The molecule has 3 atom stereocenters. The summed E-state index contributed by atoms with van der Waals surface area (Å²) in [6.45, 7) is 4.83. The van der Waals surface area contributed by atoms with Gasteiger partial charge in [-0.3, -0.25) is 4.79 Å². The molecule has 1 aliphatic heterocycles. The van der Waals surface area contributed by atoms with Crippen LogP contribution in [0.15, 0.2) is 0 Å². The van der Waals surface area contributed by atoms with Crippen molar-refractivity contribution in [3.8, 4) is 0 Å². The molecule has 3 unspecified atom stereocenters. The van der Waals surface area contributed by atoms with Gasteiger partial charge in [-0.05, 0) is 18.8 Å². The topological polar surface area (TPSA) is 53.2 Å². The highest BCUT2D eigenvalue weighted by Gasteiger charge is 2.28. The molecule has 1 saturated carbocycles. The van der Waals surface area contributed by atoms with Crippen LogP contribution in [-0.2, 0) is 4.79 Å². The van der Waals surface area contributed by atoms with Gasteiger partial charge in [0.1, 0.15) is 0 Å². The van der Waals surface area contributed by atoms with Crippen LogP contribution < -0.4 is 16.0 Å². The molecule has 0 bridgehead atoms. The minimum atomic E-state index is -0.0356. The van der Waals surface area contributed by atoms with Gasteiger partial charge in [-0.1, -0.05) is 13.3 Å². The fourth-order valence-corrected chi connectivity index (χ4v) is 2.48. The Hall–Kier alpha value is -0.610. The van der Waals surface area contributed by atoms with Crippen molar-refractivity contribution < 1.29 is 4.79 Å². The van der Waals surface area contributed by atoms with Gasteiger partial charge in [-0.15, -0.1) is 0 Å². The molecule has 4 heteroatoms. The molecule has 0 radical (unpaired) electrons. The fourth-order valence-electron chi connectivity index (χ4n) is 2.48. The van der Waals surface area contributed by atoms with Crippen LogP contribution in [0.3, 0.4) is 0 Å². The van der Waals surface area contributed by atoms with E-state index < -0.39 is 0 Å². The maximum absolute atomic E-state index is 11.9. The molecule has 4 nitrogen and oxygen atoms in total. The Balaban J connectivity index is 1.80. The van der Waals surface area contributed by atoms with Crippen molar-refractivity contribution in [3.05, 3.63) is 0 Å². The Morgan fingerprint density at radius 3 is 2.80 bits per heavy atom. The van der Waals surface area contributed by atoms with Gasteiger partial charge >= 0.3 is 0 Å². The Kier molecular flexibility index (Phi) is 3.59. The van der Waals surface area contributed by atoms with Crippen LogP contribution in [0.5, 0.6) is 0 Å². The van der Waals surface area contributed by atoms with Crippen LogP contribution in [-0.4, -0.2) is 37.6 Å². The Morgan fingerprint density at radius 2 is 2.20 bits per heavy atom. The van der Waals surface area contributed by atoms with Gasteiger partial charge in [0, 0.05) is 25.7 Å². The van der Waals surface area contributed by atoms with E-state index in [-0.39, 0.29) is 11.9 Å². The molecule has 1 saturated heterocycles. The summed E-state index contributed by atoms with van der Waals surface area (Å²) >= 11 is 0. The Morgan fingerprint density at radius 1 is 1.33 bits per heavy atom. The second-order valence-corrected chi connectivity index (χ2v) is 4.73. The summed E-state index contributed by atoms with van der Waals surface area (Å²) < 4.78 is 0. The van der Waals surface area contributed by atoms with Crippen LogP contribution >= 0.6 is 0 Å². The molecule has 1 amide bonds. The van der Waals surface area contributed by atoms with E-state index in [0.29, 0.717) is 12.0 Å². The molecule has 15 heavy (non-hydrogen) atoms. The van der Waals surface area contributed by atoms with Crippen LogP contribution in [0.2, 0.25) is 0 Å². The Labute approximate surface area is 91.2 Å². The van der Waals surface area contributed by atoms with Crippen LogP contribution in [0, 0.1) is 5.92 Å². The molecule has 2 rings (SSSR count). The first kappa shape index (κ1) is 10.9. The Bertz CT molecular complexity index is 226. The predicted octanol–water partition coefficient (Wildman–Crippen LogP) is -0.147. The molecule has 86 valence electrons. The van der Waals surface area contributed by atoms with E-state index in [9.17, 15) is 4.79 Å². The van der Waals surface area contributed by atoms with Crippen molar-refractivity contribution in [1.82, 2.24) is 16.0 Å². The molecule has 0 aromatic heterocycles. The number of rotatable bonds is 2. The van der Waals surface area contributed by atoms with Crippen molar-refractivity contribution in [3.63, 3.8) is 0 Å². The van der Waals surface area contributed by atoms with E-state index in [1.807, 2.05) is 0 Å². The average Bonchev–Trinajstić information content (AvgIpc) is 2.66. The van der Waals surface area contributed by atoms with Crippen molar-refractivity contribution in [2.45, 2.75) is 38.3 Å². The van der Waals surface area contributed by atoms with E-state index >= 15 is 0 Å². The molecule has 2 aliphatic rings. The third kappa shape index (κ3) is 2.69. The third-order valence-electron chi connectivity index (χ3n) is 3.55. The summed E-state index contributed by atoms with van der Waals surface area (Å²) in [5.41, 5.74) is 0.